The summed E-state index contributed by atoms with van der Waals surface area (Å²) in [4.78, 5) is 33.9. The molecule has 160 valence electrons. The van der Waals surface area contributed by atoms with Gasteiger partial charge in [-0.05, 0) is 38.3 Å². The van der Waals surface area contributed by atoms with Crippen molar-refractivity contribution in [2.75, 3.05) is 37.4 Å². The van der Waals surface area contributed by atoms with Gasteiger partial charge in [0.1, 0.15) is 16.5 Å². The fourth-order valence-corrected chi connectivity index (χ4v) is 4.00. The number of aliphatic hydroxyl groups excluding tert-OH is 1. The number of urea groups is 1. The van der Waals surface area contributed by atoms with Crippen molar-refractivity contribution in [2.45, 2.75) is 26.2 Å². The van der Waals surface area contributed by atoms with Crippen LogP contribution >= 0.6 is 11.3 Å². The summed E-state index contributed by atoms with van der Waals surface area (Å²) in [6.07, 6.45) is 3.13. The van der Waals surface area contributed by atoms with Crippen molar-refractivity contribution in [3.05, 3.63) is 40.0 Å². The van der Waals surface area contributed by atoms with Crippen molar-refractivity contribution in [3.8, 4) is 0 Å². The maximum Gasteiger partial charge on any atom is 0.321 e. The second-order valence-electron chi connectivity index (χ2n) is 6.64. The van der Waals surface area contributed by atoms with Crippen LogP contribution in [0.15, 0.2) is 23.9 Å². The number of hydrogen-bond acceptors (Lipinski definition) is 8. The van der Waals surface area contributed by atoms with E-state index in [1.165, 1.54) is 6.20 Å². The smallest absolute Gasteiger partial charge is 0.321 e. The van der Waals surface area contributed by atoms with Gasteiger partial charge in [-0.3, -0.25) is 10.1 Å². The number of ether oxygens (including phenoxy) is 1. The Hall–Kier alpha value is -2.98. The van der Waals surface area contributed by atoms with Gasteiger partial charge in [0.15, 0.2) is 5.13 Å². The highest BCUT2D eigenvalue weighted by Crippen LogP contribution is 2.34. The summed E-state index contributed by atoms with van der Waals surface area (Å²) >= 11 is 1.11. The Morgan fingerprint density at radius 1 is 1.33 bits per heavy atom. The fourth-order valence-electron chi connectivity index (χ4n) is 3.03. The summed E-state index contributed by atoms with van der Waals surface area (Å²) in [7, 11) is 1.60. The number of hydrogen-bond donors (Lipinski definition) is 4. The van der Waals surface area contributed by atoms with Gasteiger partial charge in [0, 0.05) is 44.1 Å². The minimum Gasteiger partial charge on any atom is -0.507 e. The number of thiazole rings is 1. The van der Waals surface area contributed by atoms with Gasteiger partial charge in [-0.25, -0.2) is 14.8 Å². The predicted molar refractivity (Wildman–Crippen MR) is 116 cm³/mol. The van der Waals surface area contributed by atoms with Crippen LogP contribution < -0.4 is 16.0 Å². The van der Waals surface area contributed by atoms with Crippen LogP contribution in [0.5, 0.6) is 0 Å². The molecule has 0 fully saturated rings. The second-order valence-corrected chi connectivity index (χ2v) is 7.64. The van der Waals surface area contributed by atoms with Gasteiger partial charge in [-0.1, -0.05) is 11.3 Å². The van der Waals surface area contributed by atoms with Crippen LogP contribution in [0.25, 0.3) is 5.76 Å². The SMILES string of the molecule is CCNc1ccc(C(O)=C2CCc3nc(NC(=O)NCCCOC)sc3C2=O)cn1. The van der Waals surface area contributed by atoms with Gasteiger partial charge in [-0.15, -0.1) is 0 Å². The van der Waals surface area contributed by atoms with Gasteiger partial charge >= 0.3 is 6.03 Å². The summed E-state index contributed by atoms with van der Waals surface area (Å²) in [5.74, 6) is 0.366. The molecule has 0 bridgehead atoms. The van der Waals surface area contributed by atoms with E-state index in [1.54, 1.807) is 19.2 Å². The molecule has 0 unspecified atom stereocenters. The number of nitrogens with one attached hydrogen (secondary N) is 3. The Morgan fingerprint density at radius 2 is 2.17 bits per heavy atom. The van der Waals surface area contributed by atoms with Crippen LogP contribution in [0.3, 0.4) is 0 Å². The summed E-state index contributed by atoms with van der Waals surface area (Å²) in [6, 6.07) is 3.10. The highest BCUT2D eigenvalue weighted by Gasteiger charge is 2.29. The molecule has 3 rings (SSSR count). The maximum absolute atomic E-state index is 12.9. The van der Waals surface area contributed by atoms with E-state index in [4.69, 9.17) is 4.74 Å². The number of rotatable bonds is 8. The largest absolute Gasteiger partial charge is 0.507 e. The molecule has 0 atom stereocenters. The fraction of sp³-hybridized carbons (Fsp3) is 0.400. The van der Waals surface area contributed by atoms with E-state index in [2.05, 4.69) is 25.9 Å². The van der Waals surface area contributed by atoms with E-state index in [0.717, 1.165) is 17.9 Å². The predicted octanol–water partition coefficient (Wildman–Crippen LogP) is 3.23. The zero-order valence-electron chi connectivity index (χ0n) is 16.9. The van der Waals surface area contributed by atoms with E-state index in [1.807, 2.05) is 6.92 Å². The van der Waals surface area contributed by atoms with Crippen LogP contribution in [-0.2, 0) is 11.2 Å². The van der Waals surface area contributed by atoms with Crippen molar-refractivity contribution >= 4 is 39.9 Å². The van der Waals surface area contributed by atoms with Crippen LogP contribution in [0.1, 0.15) is 40.7 Å². The molecule has 0 aliphatic heterocycles. The van der Waals surface area contributed by atoms with Crippen molar-refractivity contribution in [1.82, 2.24) is 15.3 Å². The summed E-state index contributed by atoms with van der Waals surface area (Å²) in [6.45, 7) is 3.75. The Kier molecular flexibility index (Phi) is 7.36. The standard InChI is InChI=1S/C20H25N5O4S/c1-3-21-15-8-5-12(11-23-15)16(26)13-6-7-14-18(17(13)27)30-20(24-14)25-19(28)22-9-4-10-29-2/h5,8,11,26H,3-4,6-7,9-10H2,1-2H3,(H,21,23)(H2,22,24,25,28). The monoisotopic (exact) mass is 431 g/mol. The van der Waals surface area contributed by atoms with Gasteiger partial charge in [-0.2, -0.15) is 0 Å². The second kappa shape index (κ2) is 10.2. The number of aromatic nitrogens is 2. The summed E-state index contributed by atoms with van der Waals surface area (Å²) < 4.78 is 4.94. The normalized spacial score (nSPS) is 14.8. The quantitative estimate of drug-likeness (QED) is 0.287. The number of allylic oxidation sites excluding steroid dienone is 1. The molecule has 2 heterocycles. The average Bonchev–Trinajstić information content (AvgIpc) is 3.15. The number of pyridine rings is 1. The van der Waals surface area contributed by atoms with E-state index < -0.39 is 0 Å². The van der Waals surface area contributed by atoms with Crippen LogP contribution in [0.4, 0.5) is 15.7 Å². The Balaban J connectivity index is 1.70. The first-order valence-corrected chi connectivity index (χ1v) is 10.6. The number of carbonyl (C=O) groups excluding carboxylic acids is 2. The van der Waals surface area contributed by atoms with Crippen LogP contribution in [0.2, 0.25) is 0 Å². The molecule has 0 aromatic carbocycles. The molecule has 0 spiro atoms. The third-order valence-corrected chi connectivity index (χ3v) is 5.51. The third-order valence-electron chi connectivity index (χ3n) is 4.50. The lowest BCUT2D eigenvalue weighted by Crippen LogP contribution is -2.30. The first-order chi connectivity index (χ1) is 14.5. The van der Waals surface area contributed by atoms with Gasteiger partial charge in [0.25, 0.3) is 0 Å². The molecule has 0 radical (unpaired) electrons. The zero-order chi connectivity index (χ0) is 21.5. The number of carbonyl (C=O) groups is 2. The number of fused-ring (bicyclic) bond motifs is 1. The van der Waals surface area contributed by atoms with Crippen molar-refractivity contribution in [3.63, 3.8) is 0 Å². The molecule has 30 heavy (non-hydrogen) atoms. The summed E-state index contributed by atoms with van der Waals surface area (Å²) in [5, 5.41) is 19.5. The minimum atomic E-state index is -0.380. The molecule has 0 saturated heterocycles. The number of Topliss-reactive ketones (excluding diaryl/α,β-unsaturated/α-hetero) is 1. The van der Waals surface area contributed by atoms with E-state index >= 15 is 0 Å². The molecule has 2 aromatic heterocycles. The van der Waals surface area contributed by atoms with Gasteiger partial charge in [0.2, 0.25) is 5.78 Å². The number of methoxy groups -OCH3 is 1. The Morgan fingerprint density at radius 3 is 2.87 bits per heavy atom. The average molecular weight is 432 g/mol. The topological polar surface area (TPSA) is 125 Å². The van der Waals surface area contributed by atoms with E-state index in [0.29, 0.717) is 65.1 Å². The molecule has 1 aliphatic rings. The van der Waals surface area contributed by atoms with E-state index in [9.17, 15) is 14.7 Å². The molecule has 9 nitrogen and oxygen atoms in total. The highest BCUT2D eigenvalue weighted by molar-refractivity contribution is 7.18. The summed E-state index contributed by atoms with van der Waals surface area (Å²) in [5.41, 5.74) is 1.46. The van der Waals surface area contributed by atoms with E-state index in [-0.39, 0.29) is 17.6 Å². The maximum atomic E-state index is 12.9. The van der Waals surface area contributed by atoms with Crippen LogP contribution in [-0.4, -0.2) is 53.7 Å². The molecule has 2 amide bonds. The first-order valence-electron chi connectivity index (χ1n) is 9.74. The Bertz CT molecular complexity index is 939. The lowest BCUT2D eigenvalue weighted by Gasteiger charge is -2.14. The number of anilines is 2. The van der Waals surface area contributed by atoms with Crippen molar-refractivity contribution < 1.29 is 19.4 Å². The molecular weight excluding hydrogens is 406 g/mol. The molecule has 4 N–H and O–H groups in total. The molecule has 10 heteroatoms. The third kappa shape index (κ3) is 5.14. The number of ketones is 1. The molecular formula is C20H25N5O4S. The molecule has 0 saturated carbocycles. The molecule has 2 aromatic rings. The Labute approximate surface area is 178 Å². The van der Waals surface area contributed by atoms with Crippen LogP contribution in [0, 0.1) is 0 Å². The number of aliphatic hydroxyl groups is 1. The number of nitrogens with zero attached hydrogens (tertiary/aromatic N) is 2. The zero-order valence-corrected chi connectivity index (χ0v) is 17.8. The van der Waals surface area contributed by atoms with Crippen molar-refractivity contribution in [1.29, 1.82) is 0 Å². The highest BCUT2D eigenvalue weighted by atomic mass is 32.1. The first kappa shape index (κ1) is 21.7. The lowest BCUT2D eigenvalue weighted by atomic mass is 9.93. The number of amides is 2. The van der Waals surface area contributed by atoms with Gasteiger partial charge < -0.3 is 20.5 Å². The van der Waals surface area contributed by atoms with Gasteiger partial charge in [0.05, 0.1) is 5.69 Å². The minimum absolute atomic E-state index is 0.0695. The lowest BCUT2D eigenvalue weighted by molar-refractivity contribution is 0.102. The number of aryl methyl sites for hydroxylation is 1. The molecule has 1 aliphatic carbocycles. The van der Waals surface area contributed by atoms with Crippen molar-refractivity contribution in [2.24, 2.45) is 0 Å².